The lowest BCUT2D eigenvalue weighted by molar-refractivity contribution is 0.489. The summed E-state index contributed by atoms with van der Waals surface area (Å²) >= 11 is 1.62. The van der Waals surface area contributed by atoms with Gasteiger partial charge in [0.1, 0.15) is 5.52 Å². The Morgan fingerprint density at radius 1 is 1.47 bits per heavy atom. The van der Waals surface area contributed by atoms with Gasteiger partial charge in [-0.2, -0.15) is 0 Å². The minimum absolute atomic E-state index is 0.238. The molecular formula is C11H14N2OS. The number of para-hydroxylation sites is 2. The van der Waals surface area contributed by atoms with Crippen LogP contribution in [0.5, 0.6) is 0 Å². The van der Waals surface area contributed by atoms with E-state index in [9.17, 15) is 0 Å². The van der Waals surface area contributed by atoms with Crippen LogP contribution in [0, 0.1) is 0 Å². The smallest absolute Gasteiger partial charge is 0.256 e. The molecule has 1 unspecified atom stereocenters. The minimum atomic E-state index is 0.238. The summed E-state index contributed by atoms with van der Waals surface area (Å²) in [5.41, 5.74) is 7.43. The summed E-state index contributed by atoms with van der Waals surface area (Å²) in [4.78, 5) is 4.37. The molecule has 0 aliphatic heterocycles. The monoisotopic (exact) mass is 222 g/mol. The molecule has 0 saturated carbocycles. The van der Waals surface area contributed by atoms with Gasteiger partial charge in [0.15, 0.2) is 5.58 Å². The van der Waals surface area contributed by atoms with Gasteiger partial charge in [0.05, 0.1) is 0 Å². The van der Waals surface area contributed by atoms with Crippen molar-refractivity contribution in [3.8, 4) is 0 Å². The van der Waals surface area contributed by atoms with Crippen LogP contribution in [0.1, 0.15) is 13.3 Å². The molecule has 1 atom stereocenters. The fourth-order valence-electron chi connectivity index (χ4n) is 1.24. The molecular weight excluding hydrogens is 208 g/mol. The maximum absolute atomic E-state index is 5.67. The summed E-state index contributed by atoms with van der Waals surface area (Å²) in [6, 6.07) is 8.03. The Hall–Kier alpha value is -1.00. The number of oxazole rings is 1. The summed E-state index contributed by atoms with van der Waals surface area (Å²) in [7, 11) is 0. The van der Waals surface area contributed by atoms with Crippen LogP contribution in [0.2, 0.25) is 0 Å². The summed E-state index contributed by atoms with van der Waals surface area (Å²) in [5.74, 6) is 0.949. The molecule has 15 heavy (non-hydrogen) atoms. The normalized spacial score (nSPS) is 13.2. The first-order chi connectivity index (χ1) is 7.25. The van der Waals surface area contributed by atoms with Gasteiger partial charge in [-0.3, -0.25) is 0 Å². The van der Waals surface area contributed by atoms with E-state index < -0.39 is 0 Å². The number of nitrogens with two attached hydrogens (primary N) is 1. The van der Waals surface area contributed by atoms with Crippen LogP contribution in [0.15, 0.2) is 33.9 Å². The van der Waals surface area contributed by atoms with Crippen LogP contribution in [0.4, 0.5) is 0 Å². The van der Waals surface area contributed by atoms with Crippen LogP contribution >= 0.6 is 11.8 Å². The van der Waals surface area contributed by atoms with Crippen LogP contribution < -0.4 is 5.73 Å². The second kappa shape index (κ2) is 4.68. The van der Waals surface area contributed by atoms with E-state index in [1.54, 1.807) is 11.8 Å². The van der Waals surface area contributed by atoms with E-state index in [1.807, 2.05) is 31.2 Å². The number of hydrogen-bond acceptors (Lipinski definition) is 4. The zero-order valence-electron chi connectivity index (χ0n) is 8.64. The van der Waals surface area contributed by atoms with Gasteiger partial charge in [0.2, 0.25) is 0 Å². The van der Waals surface area contributed by atoms with E-state index in [0.717, 1.165) is 28.5 Å². The molecule has 80 valence electrons. The first-order valence-electron chi connectivity index (χ1n) is 4.99. The molecule has 0 aliphatic carbocycles. The van der Waals surface area contributed by atoms with E-state index in [4.69, 9.17) is 10.2 Å². The predicted molar refractivity (Wildman–Crippen MR) is 63.0 cm³/mol. The van der Waals surface area contributed by atoms with Gasteiger partial charge in [0, 0.05) is 11.8 Å². The number of thioether (sulfide) groups is 1. The Kier molecular flexibility index (Phi) is 3.28. The van der Waals surface area contributed by atoms with Gasteiger partial charge in [-0.05, 0) is 25.5 Å². The molecule has 4 heteroatoms. The minimum Gasteiger partial charge on any atom is -0.431 e. The molecule has 0 fully saturated rings. The topological polar surface area (TPSA) is 52.0 Å². The number of rotatable bonds is 4. The van der Waals surface area contributed by atoms with Crippen LogP contribution in [0.3, 0.4) is 0 Å². The van der Waals surface area contributed by atoms with Crippen molar-refractivity contribution in [2.45, 2.75) is 24.6 Å². The summed E-state index contributed by atoms with van der Waals surface area (Å²) in [5, 5.41) is 0.733. The van der Waals surface area contributed by atoms with Crippen molar-refractivity contribution in [3.63, 3.8) is 0 Å². The number of nitrogens with zero attached hydrogens (tertiary/aromatic N) is 1. The lowest BCUT2D eigenvalue weighted by Crippen LogP contribution is -2.15. The Labute approximate surface area is 93.0 Å². The highest BCUT2D eigenvalue weighted by molar-refractivity contribution is 7.99. The predicted octanol–water partition coefficient (Wildman–Crippen LogP) is 2.66. The molecule has 1 heterocycles. The number of fused-ring (bicyclic) bond motifs is 1. The molecule has 0 spiro atoms. The van der Waals surface area contributed by atoms with Crippen LogP contribution in [-0.4, -0.2) is 16.8 Å². The highest BCUT2D eigenvalue weighted by atomic mass is 32.2. The molecule has 0 amide bonds. The Morgan fingerprint density at radius 2 is 2.27 bits per heavy atom. The molecule has 2 rings (SSSR count). The average molecular weight is 222 g/mol. The van der Waals surface area contributed by atoms with E-state index in [-0.39, 0.29) is 6.04 Å². The Bertz CT molecular complexity index is 406. The molecule has 0 saturated heterocycles. The van der Waals surface area contributed by atoms with E-state index in [1.165, 1.54) is 0 Å². The quantitative estimate of drug-likeness (QED) is 0.808. The Morgan fingerprint density at radius 3 is 3.00 bits per heavy atom. The van der Waals surface area contributed by atoms with Crippen molar-refractivity contribution in [1.82, 2.24) is 4.98 Å². The standard InChI is InChI=1S/C11H14N2OS/c1-8(12)6-7-15-11-13-9-4-2-3-5-10(9)14-11/h2-5,8H,6-7,12H2,1H3. The molecule has 1 aromatic carbocycles. The van der Waals surface area contributed by atoms with E-state index in [0.29, 0.717) is 0 Å². The molecule has 0 bridgehead atoms. The molecule has 2 N–H and O–H groups in total. The first-order valence-corrected chi connectivity index (χ1v) is 5.98. The molecule has 2 aromatic rings. The van der Waals surface area contributed by atoms with E-state index >= 15 is 0 Å². The SMILES string of the molecule is CC(N)CCSc1nc2ccccc2o1. The average Bonchev–Trinajstić information content (AvgIpc) is 2.59. The molecule has 0 radical (unpaired) electrons. The van der Waals surface area contributed by atoms with Gasteiger partial charge in [-0.15, -0.1) is 0 Å². The summed E-state index contributed by atoms with van der Waals surface area (Å²) in [6.45, 7) is 2.01. The lowest BCUT2D eigenvalue weighted by Gasteiger charge is -2.00. The third-order valence-electron chi connectivity index (χ3n) is 2.07. The van der Waals surface area contributed by atoms with E-state index in [2.05, 4.69) is 4.98 Å². The van der Waals surface area contributed by atoms with Crippen LogP contribution in [-0.2, 0) is 0 Å². The summed E-state index contributed by atoms with van der Waals surface area (Å²) < 4.78 is 5.56. The van der Waals surface area contributed by atoms with Gasteiger partial charge < -0.3 is 10.2 Å². The van der Waals surface area contributed by atoms with Crippen LogP contribution in [0.25, 0.3) is 11.1 Å². The van der Waals surface area contributed by atoms with Crippen molar-refractivity contribution in [2.75, 3.05) is 5.75 Å². The molecule has 3 nitrogen and oxygen atoms in total. The van der Waals surface area contributed by atoms with Crippen molar-refractivity contribution in [2.24, 2.45) is 5.73 Å². The third kappa shape index (κ3) is 2.73. The highest BCUT2D eigenvalue weighted by Crippen LogP contribution is 2.23. The number of hydrogen-bond donors (Lipinski definition) is 1. The largest absolute Gasteiger partial charge is 0.431 e. The van der Waals surface area contributed by atoms with Gasteiger partial charge >= 0.3 is 0 Å². The second-order valence-corrected chi connectivity index (χ2v) is 4.61. The zero-order chi connectivity index (χ0) is 10.7. The zero-order valence-corrected chi connectivity index (χ0v) is 9.46. The number of benzene rings is 1. The maximum atomic E-state index is 5.67. The highest BCUT2D eigenvalue weighted by Gasteiger charge is 2.05. The maximum Gasteiger partial charge on any atom is 0.256 e. The Balaban J connectivity index is 2.03. The lowest BCUT2D eigenvalue weighted by atomic mass is 10.3. The van der Waals surface area contributed by atoms with Crippen molar-refractivity contribution < 1.29 is 4.42 Å². The summed E-state index contributed by atoms with van der Waals surface area (Å²) in [6.07, 6.45) is 0.976. The van der Waals surface area contributed by atoms with Crippen molar-refractivity contribution >= 4 is 22.9 Å². The van der Waals surface area contributed by atoms with Crippen molar-refractivity contribution in [1.29, 1.82) is 0 Å². The third-order valence-corrected chi connectivity index (χ3v) is 2.93. The second-order valence-electron chi connectivity index (χ2n) is 3.56. The molecule has 1 aromatic heterocycles. The fraction of sp³-hybridized carbons (Fsp3) is 0.364. The van der Waals surface area contributed by atoms with Gasteiger partial charge in [-0.1, -0.05) is 23.9 Å². The fourth-order valence-corrected chi connectivity index (χ4v) is 2.22. The first kappa shape index (κ1) is 10.5. The van der Waals surface area contributed by atoms with Crippen molar-refractivity contribution in [3.05, 3.63) is 24.3 Å². The number of aromatic nitrogens is 1. The molecule has 0 aliphatic rings. The van der Waals surface area contributed by atoms with Gasteiger partial charge in [0.25, 0.3) is 5.22 Å². The van der Waals surface area contributed by atoms with Gasteiger partial charge in [-0.25, -0.2) is 4.98 Å².